The van der Waals surface area contributed by atoms with Crippen LogP contribution in [0.3, 0.4) is 0 Å². The second-order valence-corrected chi connectivity index (χ2v) is 9.14. The van der Waals surface area contributed by atoms with Gasteiger partial charge in [0.15, 0.2) is 12.5 Å². The van der Waals surface area contributed by atoms with Crippen molar-refractivity contribution in [1.82, 2.24) is 4.57 Å². The maximum atomic E-state index is 14.4. The Morgan fingerprint density at radius 1 is 1.02 bits per heavy atom. The maximum Gasteiger partial charge on any atom is 0.255 e. The van der Waals surface area contributed by atoms with Gasteiger partial charge in [-0.1, -0.05) is 24.3 Å². The summed E-state index contributed by atoms with van der Waals surface area (Å²) in [6, 6.07) is 23.4. The summed E-state index contributed by atoms with van der Waals surface area (Å²) in [6.07, 6.45) is 0. The molecule has 0 unspecified atom stereocenters. The van der Waals surface area contributed by atoms with Crippen LogP contribution in [0.2, 0.25) is 0 Å². The number of amides is 1. The fourth-order valence-electron chi connectivity index (χ4n) is 4.72. The summed E-state index contributed by atoms with van der Waals surface area (Å²) in [7, 11) is 0. The molecule has 1 aliphatic rings. The summed E-state index contributed by atoms with van der Waals surface area (Å²) in [4.78, 5) is 24.7. The molecular formula is C30H22FN3O6. The van der Waals surface area contributed by atoms with Crippen LogP contribution in [0.15, 0.2) is 90.1 Å². The van der Waals surface area contributed by atoms with E-state index < -0.39 is 5.82 Å². The van der Waals surface area contributed by atoms with E-state index in [1.807, 2.05) is 30.3 Å². The van der Waals surface area contributed by atoms with Crippen molar-refractivity contribution < 1.29 is 28.5 Å². The highest BCUT2D eigenvalue weighted by molar-refractivity contribution is 6.06. The van der Waals surface area contributed by atoms with Gasteiger partial charge in [0.05, 0.1) is 18.7 Å². The monoisotopic (exact) mass is 539 g/mol. The van der Waals surface area contributed by atoms with E-state index in [2.05, 4.69) is 10.5 Å². The molecule has 0 spiro atoms. The molecule has 0 saturated heterocycles. The van der Waals surface area contributed by atoms with Crippen molar-refractivity contribution in [2.45, 2.75) is 13.2 Å². The smallest absolute Gasteiger partial charge is 0.255 e. The molecule has 0 saturated carbocycles. The van der Waals surface area contributed by atoms with Gasteiger partial charge >= 0.3 is 0 Å². The standard InChI is InChI=1S/C30H22FN3O6/c31-21-11-19(28-20(12-21)16-38-17-39-28)15-34-26-14-22(9-10-25(26)27(33-37)30(34)36)32-29(35)18-5-4-8-24(13-18)40-23-6-2-1-3-7-23/h1-14,36H,15-17H2,(H,32,35). The molecule has 0 aliphatic carbocycles. The zero-order valence-corrected chi connectivity index (χ0v) is 21.0. The Bertz CT molecular complexity index is 1750. The molecule has 6 rings (SSSR count). The average Bonchev–Trinajstić information content (AvgIpc) is 3.23. The van der Waals surface area contributed by atoms with Crippen molar-refractivity contribution in [3.63, 3.8) is 0 Å². The largest absolute Gasteiger partial charge is 0.493 e. The second kappa shape index (κ2) is 10.5. The summed E-state index contributed by atoms with van der Waals surface area (Å²) in [6.45, 7) is 0.181. The quantitative estimate of drug-likeness (QED) is 0.219. The van der Waals surface area contributed by atoms with Crippen LogP contribution in [0.5, 0.6) is 23.1 Å². The first-order valence-electron chi connectivity index (χ1n) is 12.3. The number of benzene rings is 4. The van der Waals surface area contributed by atoms with Crippen molar-refractivity contribution >= 4 is 28.2 Å². The van der Waals surface area contributed by atoms with Crippen LogP contribution in [-0.4, -0.2) is 22.4 Å². The summed E-state index contributed by atoms with van der Waals surface area (Å²) in [5.74, 6) is 0.338. The van der Waals surface area contributed by atoms with Crippen molar-refractivity contribution in [3.05, 3.63) is 112 Å². The van der Waals surface area contributed by atoms with E-state index in [1.54, 1.807) is 42.5 Å². The lowest BCUT2D eigenvalue weighted by Gasteiger charge is -2.21. The Balaban J connectivity index is 1.31. The third-order valence-electron chi connectivity index (χ3n) is 6.52. The van der Waals surface area contributed by atoms with Crippen LogP contribution in [0.4, 0.5) is 15.8 Å². The minimum atomic E-state index is -0.487. The van der Waals surface area contributed by atoms with Gasteiger partial charge < -0.3 is 29.2 Å². The zero-order chi connectivity index (χ0) is 27.6. The van der Waals surface area contributed by atoms with Crippen LogP contribution in [0, 0.1) is 10.7 Å². The molecule has 2 heterocycles. The van der Waals surface area contributed by atoms with E-state index in [0.29, 0.717) is 50.5 Å². The van der Waals surface area contributed by atoms with Gasteiger partial charge in [0.25, 0.3) is 5.91 Å². The van der Waals surface area contributed by atoms with Crippen LogP contribution < -0.4 is 14.8 Å². The Morgan fingerprint density at radius 3 is 2.67 bits per heavy atom. The predicted octanol–water partition coefficient (Wildman–Crippen LogP) is 6.84. The summed E-state index contributed by atoms with van der Waals surface area (Å²) >= 11 is 0. The highest BCUT2D eigenvalue weighted by atomic mass is 19.1. The van der Waals surface area contributed by atoms with Gasteiger partial charge in [0.2, 0.25) is 5.88 Å². The lowest BCUT2D eigenvalue weighted by Crippen LogP contribution is -2.15. The third-order valence-corrected chi connectivity index (χ3v) is 6.52. The van der Waals surface area contributed by atoms with E-state index in [0.717, 1.165) is 0 Å². The van der Waals surface area contributed by atoms with Gasteiger partial charge in [0.1, 0.15) is 23.1 Å². The molecule has 9 nitrogen and oxygen atoms in total. The summed E-state index contributed by atoms with van der Waals surface area (Å²) < 4.78 is 32.5. The van der Waals surface area contributed by atoms with Crippen LogP contribution >= 0.6 is 0 Å². The van der Waals surface area contributed by atoms with Crippen LogP contribution in [0.25, 0.3) is 10.9 Å². The number of nitroso groups, excluding NO2 is 1. The maximum absolute atomic E-state index is 14.4. The van der Waals surface area contributed by atoms with Crippen molar-refractivity contribution in [3.8, 4) is 23.1 Å². The predicted molar refractivity (Wildman–Crippen MR) is 146 cm³/mol. The molecule has 200 valence electrons. The van der Waals surface area contributed by atoms with Gasteiger partial charge in [-0.2, -0.15) is 0 Å². The summed E-state index contributed by atoms with van der Waals surface area (Å²) in [5.41, 5.74) is 2.02. The second-order valence-electron chi connectivity index (χ2n) is 9.14. The molecule has 5 aromatic rings. The number of fused-ring (bicyclic) bond motifs is 2. The van der Waals surface area contributed by atoms with Gasteiger partial charge in [-0.05, 0) is 65.8 Å². The number of nitrogens with one attached hydrogen (secondary N) is 1. The highest BCUT2D eigenvalue weighted by Gasteiger charge is 2.22. The first-order chi connectivity index (χ1) is 19.5. The van der Waals surface area contributed by atoms with Crippen LogP contribution in [0.1, 0.15) is 21.5 Å². The molecule has 1 aromatic heterocycles. The number of carbonyl (C=O) groups excluding carboxylic acids is 1. The lowest BCUT2D eigenvalue weighted by molar-refractivity contribution is -0.0173. The fraction of sp³-hybridized carbons (Fsp3) is 0.100. The molecule has 4 aromatic carbocycles. The van der Waals surface area contributed by atoms with Crippen molar-refractivity contribution in [1.29, 1.82) is 0 Å². The highest BCUT2D eigenvalue weighted by Crippen LogP contribution is 2.41. The number of ether oxygens (including phenoxy) is 3. The fourth-order valence-corrected chi connectivity index (χ4v) is 4.72. The molecule has 0 bridgehead atoms. The molecular weight excluding hydrogens is 517 g/mol. The Morgan fingerprint density at radius 2 is 1.85 bits per heavy atom. The number of aromatic hydroxyl groups is 1. The van der Waals surface area contributed by atoms with Crippen molar-refractivity contribution in [2.75, 3.05) is 12.1 Å². The summed E-state index contributed by atoms with van der Waals surface area (Å²) in [5, 5.41) is 17.1. The minimum Gasteiger partial charge on any atom is -0.493 e. The molecule has 0 fully saturated rings. The van der Waals surface area contributed by atoms with Gasteiger partial charge in [-0.15, -0.1) is 4.91 Å². The number of hydrogen-bond acceptors (Lipinski definition) is 7. The SMILES string of the molecule is O=Nc1c(O)n(Cc2cc(F)cc3c2OCOC3)c2cc(NC(=O)c3cccc(Oc4ccccc4)c3)ccc12. The van der Waals surface area contributed by atoms with Gasteiger partial charge in [-0.25, -0.2) is 4.39 Å². The number of para-hydroxylation sites is 1. The molecule has 40 heavy (non-hydrogen) atoms. The molecule has 1 amide bonds. The zero-order valence-electron chi connectivity index (χ0n) is 21.0. The average molecular weight is 540 g/mol. The molecule has 0 atom stereocenters. The van der Waals surface area contributed by atoms with E-state index in [9.17, 15) is 19.2 Å². The third kappa shape index (κ3) is 4.83. The van der Waals surface area contributed by atoms with E-state index >= 15 is 0 Å². The number of carbonyl (C=O) groups is 1. The van der Waals surface area contributed by atoms with Crippen LogP contribution in [-0.2, 0) is 17.9 Å². The molecule has 1 aliphatic heterocycles. The number of nitrogens with zero attached hydrogens (tertiary/aromatic N) is 2. The first-order valence-corrected chi connectivity index (χ1v) is 12.3. The molecule has 2 N–H and O–H groups in total. The van der Waals surface area contributed by atoms with E-state index in [1.165, 1.54) is 16.7 Å². The first kappa shape index (κ1) is 25.1. The lowest BCUT2D eigenvalue weighted by atomic mass is 10.1. The number of aromatic nitrogens is 1. The Labute approximate surface area is 227 Å². The normalized spacial score (nSPS) is 12.4. The van der Waals surface area contributed by atoms with E-state index in [4.69, 9.17) is 14.2 Å². The van der Waals surface area contributed by atoms with E-state index in [-0.39, 0.29) is 37.4 Å². The number of anilines is 1. The topological polar surface area (TPSA) is 111 Å². The Hall–Kier alpha value is -5.22. The Kier molecular flexibility index (Phi) is 6.59. The number of hydrogen-bond donors (Lipinski definition) is 2. The van der Waals surface area contributed by atoms with Crippen molar-refractivity contribution in [2.24, 2.45) is 5.18 Å². The van der Waals surface area contributed by atoms with Gasteiger partial charge in [0, 0.05) is 27.8 Å². The molecule has 10 heteroatoms. The van der Waals surface area contributed by atoms with Gasteiger partial charge in [-0.3, -0.25) is 4.79 Å². The minimum absolute atomic E-state index is 0.0128. The molecule has 0 radical (unpaired) electrons. The number of rotatable bonds is 7. The number of halogens is 1.